The standard InChI is InChI=1S/C19H22N2O3S.ClH/c1-13-4-6-14(7-5-13)18(16-3-2-10-25-16)20-17(22)12-21-9-8-15(11-21)19(23)24;/h2-7,10,15,18H,8-9,11-12H2,1H3,(H,20,22)(H,23,24);1H. The summed E-state index contributed by atoms with van der Waals surface area (Å²) in [7, 11) is 0. The van der Waals surface area contributed by atoms with Crippen LogP contribution in [0.5, 0.6) is 0 Å². The third kappa shape index (κ3) is 5.06. The van der Waals surface area contributed by atoms with Gasteiger partial charge in [0.2, 0.25) is 5.91 Å². The third-order valence-electron chi connectivity index (χ3n) is 4.53. The lowest BCUT2D eigenvalue weighted by Crippen LogP contribution is -2.38. The lowest BCUT2D eigenvalue weighted by Gasteiger charge is -2.21. The molecular weight excluding hydrogens is 372 g/mol. The van der Waals surface area contributed by atoms with Gasteiger partial charge in [0.25, 0.3) is 0 Å². The normalized spacial score (nSPS) is 18.1. The maximum atomic E-state index is 12.5. The van der Waals surface area contributed by atoms with Crippen molar-refractivity contribution in [2.45, 2.75) is 19.4 Å². The monoisotopic (exact) mass is 394 g/mol. The Morgan fingerprint density at radius 3 is 2.62 bits per heavy atom. The highest BCUT2D eigenvalue weighted by molar-refractivity contribution is 7.10. The number of hydrogen-bond acceptors (Lipinski definition) is 4. The number of benzene rings is 1. The Hall–Kier alpha value is -1.89. The Labute approximate surface area is 163 Å². The Kier molecular flexibility index (Phi) is 7.20. The molecule has 1 aliphatic rings. The number of amides is 1. The van der Waals surface area contributed by atoms with Crippen molar-refractivity contribution < 1.29 is 14.7 Å². The summed E-state index contributed by atoms with van der Waals surface area (Å²) in [5, 5.41) is 14.2. The molecule has 1 amide bonds. The molecule has 140 valence electrons. The third-order valence-corrected chi connectivity index (χ3v) is 5.47. The van der Waals surface area contributed by atoms with E-state index in [1.165, 1.54) is 5.56 Å². The van der Waals surface area contributed by atoms with Crippen LogP contribution in [0.25, 0.3) is 0 Å². The van der Waals surface area contributed by atoms with Crippen molar-refractivity contribution in [2.24, 2.45) is 5.92 Å². The molecule has 1 saturated heterocycles. The van der Waals surface area contributed by atoms with Gasteiger partial charge in [-0.1, -0.05) is 35.9 Å². The Bertz CT molecular complexity index is 734. The molecule has 2 atom stereocenters. The average Bonchev–Trinajstić information content (AvgIpc) is 3.25. The van der Waals surface area contributed by atoms with Crippen LogP contribution in [0, 0.1) is 12.8 Å². The molecule has 2 aromatic rings. The molecule has 26 heavy (non-hydrogen) atoms. The topological polar surface area (TPSA) is 69.6 Å². The molecule has 0 spiro atoms. The molecule has 0 bridgehead atoms. The number of carboxylic acids is 1. The Morgan fingerprint density at radius 2 is 2.04 bits per heavy atom. The maximum Gasteiger partial charge on any atom is 0.307 e. The van der Waals surface area contributed by atoms with Crippen molar-refractivity contribution in [2.75, 3.05) is 19.6 Å². The minimum atomic E-state index is -0.779. The summed E-state index contributed by atoms with van der Waals surface area (Å²) in [6, 6.07) is 12.0. The van der Waals surface area contributed by atoms with Crippen molar-refractivity contribution in [1.82, 2.24) is 10.2 Å². The number of nitrogens with one attached hydrogen (secondary N) is 1. The molecule has 1 aliphatic heterocycles. The van der Waals surface area contributed by atoms with Crippen molar-refractivity contribution in [1.29, 1.82) is 0 Å². The molecule has 1 aromatic heterocycles. The van der Waals surface area contributed by atoms with Gasteiger partial charge >= 0.3 is 5.97 Å². The minimum Gasteiger partial charge on any atom is -0.481 e. The number of carbonyl (C=O) groups excluding carboxylic acids is 1. The quantitative estimate of drug-likeness (QED) is 0.789. The number of likely N-dealkylation sites (tertiary alicyclic amines) is 1. The van der Waals surface area contributed by atoms with Crippen molar-refractivity contribution in [3.63, 3.8) is 0 Å². The molecule has 2 N–H and O–H groups in total. The highest BCUT2D eigenvalue weighted by Crippen LogP contribution is 2.26. The zero-order valence-electron chi connectivity index (χ0n) is 14.6. The van der Waals surface area contributed by atoms with Gasteiger partial charge in [-0.15, -0.1) is 23.7 Å². The lowest BCUT2D eigenvalue weighted by atomic mass is 10.0. The van der Waals surface area contributed by atoms with Crippen LogP contribution in [-0.2, 0) is 9.59 Å². The fraction of sp³-hybridized carbons (Fsp3) is 0.368. The van der Waals surface area contributed by atoms with Gasteiger partial charge in [-0.2, -0.15) is 0 Å². The number of thiophene rings is 1. The van der Waals surface area contributed by atoms with Crippen molar-refractivity contribution in [3.05, 3.63) is 57.8 Å². The minimum absolute atomic E-state index is 0. The highest BCUT2D eigenvalue weighted by Gasteiger charge is 2.29. The number of carbonyl (C=O) groups is 2. The second-order valence-corrected chi connectivity index (χ2v) is 7.46. The van der Waals surface area contributed by atoms with Gasteiger partial charge in [-0.05, 0) is 36.9 Å². The summed E-state index contributed by atoms with van der Waals surface area (Å²) < 4.78 is 0. The van der Waals surface area contributed by atoms with Crippen LogP contribution in [0.4, 0.5) is 0 Å². The SMILES string of the molecule is Cc1ccc(C(NC(=O)CN2CCC(C(=O)O)C2)c2cccs2)cc1.Cl. The van der Waals surface area contributed by atoms with Crippen LogP contribution < -0.4 is 5.32 Å². The van der Waals surface area contributed by atoms with Crippen LogP contribution in [0.2, 0.25) is 0 Å². The largest absolute Gasteiger partial charge is 0.481 e. The first kappa shape index (κ1) is 20.4. The smallest absolute Gasteiger partial charge is 0.307 e. The second-order valence-electron chi connectivity index (χ2n) is 6.49. The number of aliphatic carboxylic acids is 1. The predicted molar refractivity (Wildman–Crippen MR) is 105 cm³/mol. The molecule has 1 fully saturated rings. The number of rotatable bonds is 6. The van der Waals surface area contributed by atoms with Gasteiger partial charge in [-0.3, -0.25) is 14.5 Å². The van der Waals surface area contributed by atoms with Gasteiger partial charge in [0, 0.05) is 11.4 Å². The van der Waals surface area contributed by atoms with Gasteiger partial charge in [0.1, 0.15) is 0 Å². The van der Waals surface area contributed by atoms with E-state index in [0.29, 0.717) is 19.5 Å². The number of hydrogen-bond donors (Lipinski definition) is 2. The van der Waals surface area contributed by atoms with E-state index in [2.05, 4.69) is 5.32 Å². The highest BCUT2D eigenvalue weighted by atomic mass is 35.5. The van der Waals surface area contributed by atoms with Gasteiger partial charge in [0.05, 0.1) is 18.5 Å². The zero-order valence-corrected chi connectivity index (χ0v) is 16.2. The fourth-order valence-corrected chi connectivity index (χ4v) is 3.92. The summed E-state index contributed by atoms with van der Waals surface area (Å²) in [5.41, 5.74) is 2.23. The Morgan fingerprint density at radius 1 is 1.31 bits per heavy atom. The molecule has 2 unspecified atom stereocenters. The van der Waals surface area contributed by atoms with E-state index in [-0.39, 0.29) is 36.8 Å². The van der Waals surface area contributed by atoms with Crippen LogP contribution in [-0.4, -0.2) is 41.5 Å². The predicted octanol–water partition coefficient (Wildman–Crippen LogP) is 3.09. The molecule has 7 heteroatoms. The van der Waals surface area contributed by atoms with Crippen LogP contribution in [0.15, 0.2) is 41.8 Å². The first-order valence-electron chi connectivity index (χ1n) is 8.37. The molecule has 0 saturated carbocycles. The van der Waals surface area contributed by atoms with E-state index in [9.17, 15) is 9.59 Å². The van der Waals surface area contributed by atoms with Crippen LogP contribution in [0.3, 0.4) is 0 Å². The first-order chi connectivity index (χ1) is 12.0. The summed E-state index contributed by atoms with van der Waals surface area (Å²) in [4.78, 5) is 26.6. The second kappa shape index (κ2) is 9.16. The molecule has 1 aromatic carbocycles. The van der Waals surface area contributed by atoms with Gasteiger partial charge in [-0.25, -0.2) is 0 Å². The van der Waals surface area contributed by atoms with E-state index >= 15 is 0 Å². The molecule has 5 nitrogen and oxygen atoms in total. The molecule has 2 heterocycles. The fourth-order valence-electron chi connectivity index (χ4n) is 3.12. The van der Waals surface area contributed by atoms with Gasteiger partial charge < -0.3 is 10.4 Å². The number of carboxylic acid groups (broad SMARTS) is 1. The van der Waals surface area contributed by atoms with E-state index in [0.717, 1.165) is 10.4 Å². The number of aryl methyl sites for hydroxylation is 1. The number of halogens is 1. The molecular formula is C19H23ClN2O3S. The molecule has 3 rings (SSSR count). The zero-order chi connectivity index (χ0) is 17.8. The van der Waals surface area contributed by atoms with E-state index in [4.69, 9.17) is 5.11 Å². The van der Waals surface area contributed by atoms with Crippen molar-refractivity contribution >= 4 is 35.6 Å². The van der Waals surface area contributed by atoms with Crippen molar-refractivity contribution in [3.8, 4) is 0 Å². The van der Waals surface area contributed by atoms with Gasteiger partial charge in [0.15, 0.2) is 0 Å². The van der Waals surface area contributed by atoms with E-state index in [1.54, 1.807) is 11.3 Å². The van der Waals surface area contributed by atoms with Crippen LogP contribution >= 0.6 is 23.7 Å². The average molecular weight is 395 g/mol. The Balaban J connectivity index is 0.00000243. The summed E-state index contributed by atoms with van der Waals surface area (Å²) >= 11 is 1.61. The summed E-state index contributed by atoms with van der Waals surface area (Å²) in [6.07, 6.45) is 0.606. The first-order valence-corrected chi connectivity index (χ1v) is 9.25. The van der Waals surface area contributed by atoms with E-state index in [1.807, 2.05) is 53.6 Å². The van der Waals surface area contributed by atoms with E-state index < -0.39 is 5.97 Å². The summed E-state index contributed by atoms with van der Waals surface area (Å²) in [6.45, 7) is 3.36. The maximum absolute atomic E-state index is 12.5. The van der Waals surface area contributed by atoms with Crippen LogP contribution in [0.1, 0.15) is 28.5 Å². The summed E-state index contributed by atoms with van der Waals surface area (Å²) in [5.74, 6) is -1.22. The lowest BCUT2D eigenvalue weighted by molar-refractivity contribution is -0.141. The molecule has 0 radical (unpaired) electrons. The number of nitrogens with zero attached hydrogens (tertiary/aromatic N) is 1. The molecule has 0 aliphatic carbocycles.